The molecule has 0 saturated heterocycles. The van der Waals surface area contributed by atoms with Gasteiger partial charge in [0.25, 0.3) is 5.84 Å². The van der Waals surface area contributed by atoms with Crippen molar-refractivity contribution in [1.82, 2.24) is 9.97 Å². The maximum atomic E-state index is 6.83. The van der Waals surface area contributed by atoms with Crippen molar-refractivity contribution in [2.24, 2.45) is 15.8 Å². The number of nitrogens with two attached hydrogens (primary N) is 1. The number of hydrogen-bond donors (Lipinski definition) is 1. The van der Waals surface area contributed by atoms with E-state index in [9.17, 15) is 0 Å². The van der Waals surface area contributed by atoms with Crippen molar-refractivity contribution in [2.75, 3.05) is 0 Å². The van der Waals surface area contributed by atoms with Gasteiger partial charge in [-0.25, -0.2) is 9.97 Å². The van der Waals surface area contributed by atoms with E-state index >= 15 is 0 Å². The van der Waals surface area contributed by atoms with Crippen molar-refractivity contribution in [3.8, 4) is 11.4 Å². The van der Waals surface area contributed by atoms with Gasteiger partial charge in [0.1, 0.15) is 11.9 Å². The Kier molecular flexibility index (Phi) is 3.74. The van der Waals surface area contributed by atoms with Crippen molar-refractivity contribution in [3.63, 3.8) is 0 Å². The van der Waals surface area contributed by atoms with Gasteiger partial charge in [-0.05, 0) is 19.1 Å². The summed E-state index contributed by atoms with van der Waals surface area (Å²) in [5.41, 5.74) is 6.49. The largest absolute Gasteiger partial charge is 0.265 e. The second-order valence-corrected chi connectivity index (χ2v) is 7.73. The van der Waals surface area contributed by atoms with Crippen LogP contribution in [0.4, 0.5) is 0 Å². The lowest BCUT2D eigenvalue weighted by Crippen LogP contribution is -2.53. The second-order valence-electron chi connectivity index (χ2n) is 7.73. The van der Waals surface area contributed by atoms with Crippen LogP contribution in [0, 0.1) is 6.92 Å². The number of aromatic nitrogens is 2. The molecule has 1 aromatic heterocycles. The quantitative estimate of drug-likeness (QED) is 0.523. The van der Waals surface area contributed by atoms with E-state index in [1.165, 1.54) is 0 Å². The number of rotatable bonds is 3. The summed E-state index contributed by atoms with van der Waals surface area (Å²) in [6.07, 6.45) is 11.4. The molecule has 0 bridgehead atoms. The van der Waals surface area contributed by atoms with Gasteiger partial charge in [0, 0.05) is 22.2 Å². The summed E-state index contributed by atoms with van der Waals surface area (Å²) in [7, 11) is 0. The first-order valence-corrected chi connectivity index (χ1v) is 10.1. The molecule has 2 N–H and O–H groups in total. The Morgan fingerprint density at radius 2 is 1.81 bits per heavy atom. The summed E-state index contributed by atoms with van der Waals surface area (Å²) >= 11 is 0. The number of nitrogens with zero attached hydrogens (tertiary/aromatic N) is 5. The van der Waals surface area contributed by atoms with Gasteiger partial charge in [-0.1, -0.05) is 54.6 Å². The smallest absolute Gasteiger partial charge is 0.253 e. The van der Waals surface area contributed by atoms with E-state index in [1.807, 2.05) is 79.9 Å². The van der Waals surface area contributed by atoms with Crippen LogP contribution in [0.5, 0.6) is 0 Å². The normalized spacial score (nSPS) is 21.2. The van der Waals surface area contributed by atoms with Crippen molar-refractivity contribution in [2.45, 2.75) is 6.92 Å². The van der Waals surface area contributed by atoms with Gasteiger partial charge < -0.3 is 0 Å². The zero-order chi connectivity index (χ0) is 21.0. The molecule has 1 aliphatic carbocycles. The lowest BCUT2D eigenvalue weighted by molar-refractivity contribution is -0.750. The Hall–Kier alpha value is -4.00. The van der Waals surface area contributed by atoms with E-state index in [4.69, 9.17) is 20.8 Å². The van der Waals surface area contributed by atoms with Crippen LogP contribution in [0.2, 0.25) is 0 Å². The van der Waals surface area contributed by atoms with Crippen LogP contribution in [0.1, 0.15) is 11.3 Å². The third-order valence-corrected chi connectivity index (χ3v) is 5.80. The van der Waals surface area contributed by atoms with Gasteiger partial charge in [-0.15, -0.1) is 4.59 Å². The van der Waals surface area contributed by atoms with Crippen LogP contribution in [-0.4, -0.2) is 26.6 Å². The van der Waals surface area contributed by atoms with Gasteiger partial charge >= 0.3 is 0 Å². The minimum absolute atomic E-state index is 0.00880. The summed E-state index contributed by atoms with van der Waals surface area (Å²) in [6.45, 7) is 2.01. The van der Waals surface area contributed by atoms with E-state index in [1.54, 1.807) is 12.4 Å². The van der Waals surface area contributed by atoms with Gasteiger partial charge in [-0.2, -0.15) is 10.8 Å². The number of aryl methyl sites for hydroxylation is 1. The molecule has 0 fully saturated rings. The fourth-order valence-corrected chi connectivity index (χ4v) is 4.08. The maximum Gasteiger partial charge on any atom is 0.265 e. The molecule has 1 atom stereocenters. The predicted molar refractivity (Wildman–Crippen MR) is 123 cm³/mol. The molecule has 6 nitrogen and oxygen atoms in total. The molecular formula is C25H19N6+. The zero-order valence-electron chi connectivity index (χ0n) is 16.9. The fraction of sp³-hybridized carbons (Fsp3) is 0.0400. The van der Waals surface area contributed by atoms with Crippen LogP contribution in [-0.2, 0) is 0 Å². The monoisotopic (exact) mass is 403 g/mol. The summed E-state index contributed by atoms with van der Waals surface area (Å²) in [4.78, 5) is 18.8. The highest BCUT2D eigenvalue weighted by Crippen LogP contribution is 2.36. The Morgan fingerprint density at radius 3 is 2.58 bits per heavy atom. The minimum Gasteiger partial charge on any atom is -0.253 e. The van der Waals surface area contributed by atoms with Crippen molar-refractivity contribution in [1.29, 1.82) is 0 Å². The Labute approximate surface area is 179 Å². The van der Waals surface area contributed by atoms with E-state index in [0.29, 0.717) is 5.82 Å². The number of allylic oxidation sites excluding steroid dienone is 4. The van der Waals surface area contributed by atoms with Crippen molar-refractivity contribution < 1.29 is 4.59 Å². The molecule has 6 heteroatoms. The predicted octanol–water partition coefficient (Wildman–Crippen LogP) is 4.32. The number of quaternary nitrogens is 1. The van der Waals surface area contributed by atoms with E-state index in [2.05, 4.69) is 4.99 Å². The first-order chi connectivity index (χ1) is 15.1. The summed E-state index contributed by atoms with van der Waals surface area (Å²) < 4.78 is -0.00880. The highest BCUT2D eigenvalue weighted by molar-refractivity contribution is 6.03. The molecule has 0 saturated carbocycles. The molecule has 6 rings (SSSR count). The number of amidine groups is 1. The first kappa shape index (κ1) is 17.8. The molecule has 0 radical (unpaired) electrons. The highest BCUT2D eigenvalue weighted by atomic mass is 15.6. The minimum atomic E-state index is -0.00880. The second kappa shape index (κ2) is 6.50. The number of fused-ring (bicyclic) bond motifs is 2. The van der Waals surface area contributed by atoms with Gasteiger partial charge in [0.2, 0.25) is 5.70 Å². The fourth-order valence-electron chi connectivity index (χ4n) is 4.08. The maximum absolute atomic E-state index is 6.83. The molecule has 0 amide bonds. The average Bonchev–Trinajstić information content (AvgIpc) is 3.05. The van der Waals surface area contributed by atoms with Crippen LogP contribution in [0.25, 0.3) is 22.3 Å². The third-order valence-electron chi connectivity index (χ3n) is 5.80. The zero-order valence-corrected chi connectivity index (χ0v) is 16.9. The van der Waals surface area contributed by atoms with Gasteiger partial charge in [0.15, 0.2) is 5.82 Å². The Bertz CT molecular complexity index is 1440. The molecule has 3 heterocycles. The first-order valence-electron chi connectivity index (χ1n) is 10.1. The molecule has 1 unspecified atom stereocenters. The number of benzene rings is 2. The highest BCUT2D eigenvalue weighted by Gasteiger charge is 2.44. The Balaban J connectivity index is 1.51. The van der Waals surface area contributed by atoms with E-state index in [0.717, 1.165) is 50.5 Å². The molecule has 2 aromatic carbocycles. The molecule has 3 aliphatic rings. The average molecular weight is 403 g/mol. The van der Waals surface area contributed by atoms with Crippen LogP contribution < -0.4 is 5.84 Å². The van der Waals surface area contributed by atoms with Crippen LogP contribution >= 0.6 is 0 Å². The third kappa shape index (κ3) is 2.66. The molecule has 31 heavy (non-hydrogen) atoms. The summed E-state index contributed by atoms with van der Waals surface area (Å²) in [5.74, 6) is 8.28. The van der Waals surface area contributed by atoms with E-state index in [-0.39, 0.29) is 4.59 Å². The summed E-state index contributed by atoms with van der Waals surface area (Å²) in [6, 6.07) is 16.1. The number of hydrogen-bond acceptors (Lipinski definition) is 5. The number of aliphatic imine (C=N–C) groups is 2. The van der Waals surface area contributed by atoms with Crippen molar-refractivity contribution >= 4 is 23.0 Å². The van der Waals surface area contributed by atoms with Gasteiger partial charge in [0.05, 0.1) is 23.5 Å². The topological polar surface area (TPSA) is 76.5 Å². The van der Waals surface area contributed by atoms with Gasteiger partial charge in [-0.3, -0.25) is 4.99 Å². The Morgan fingerprint density at radius 1 is 0.968 bits per heavy atom. The molecule has 3 aromatic rings. The molecular weight excluding hydrogens is 384 g/mol. The van der Waals surface area contributed by atoms with E-state index < -0.39 is 0 Å². The standard InChI is InChI=1S/C25H19N6/c1-16-20-11-10-19(14-21(20)29-24(28-16)18-6-3-2-4-7-18)25-30-23(17-8-5-9-17)22-15-27-12-13-31(22,25)26/h2-15H,26H2,1H3/q+1. The van der Waals surface area contributed by atoms with Crippen molar-refractivity contribution in [3.05, 3.63) is 107 Å². The SMILES string of the molecule is Cc1nc(-c2ccccc2)nc2cc(C3=NC(C4=CC=C4)=C4C=NC=C[N+]34N)ccc12. The van der Waals surface area contributed by atoms with Crippen LogP contribution in [0.3, 0.4) is 0 Å². The van der Waals surface area contributed by atoms with Crippen LogP contribution in [0.15, 0.2) is 106 Å². The molecule has 148 valence electrons. The lowest BCUT2D eigenvalue weighted by atomic mass is 10.0. The summed E-state index contributed by atoms with van der Waals surface area (Å²) in [5, 5.41) is 1.01. The molecule has 2 aliphatic heterocycles. The lowest BCUT2D eigenvalue weighted by Gasteiger charge is -2.26. The molecule has 0 spiro atoms.